The molecule has 2 aromatic rings. The summed E-state index contributed by atoms with van der Waals surface area (Å²) in [4.78, 5) is 0. The molecule has 1 unspecified atom stereocenters. The minimum Gasteiger partial charge on any atom is -0.493 e. The fourth-order valence-electron chi connectivity index (χ4n) is 2.64. The molecule has 3 rings (SSSR count). The molecule has 2 N–H and O–H groups in total. The molecule has 0 bridgehead atoms. The Labute approximate surface area is 139 Å². The first-order valence-corrected chi connectivity index (χ1v) is 8.28. The Bertz CT molecular complexity index is 690. The molecule has 0 spiro atoms. The zero-order valence-electron chi connectivity index (χ0n) is 11.2. The number of halogens is 3. The minimum atomic E-state index is -0.412. The van der Waals surface area contributed by atoms with Crippen molar-refractivity contribution < 1.29 is 9.13 Å². The molecule has 1 aliphatic heterocycles. The number of nitrogens with two attached hydrogens (primary N) is 1. The van der Waals surface area contributed by atoms with Crippen LogP contribution in [0.25, 0.3) is 0 Å². The number of hydrogen-bond acceptors (Lipinski definition) is 2. The minimum absolute atomic E-state index is 0.279. The molecule has 2 nitrogen and oxygen atoms in total. The molecule has 0 aliphatic carbocycles. The average Bonchev–Trinajstić information content (AvgIpc) is 2.89. The van der Waals surface area contributed by atoms with Gasteiger partial charge in [0.25, 0.3) is 0 Å². The fourth-order valence-corrected chi connectivity index (χ4v) is 3.57. The Hall–Kier alpha value is -0.910. The molecule has 0 saturated carbocycles. The van der Waals surface area contributed by atoms with E-state index in [0.717, 1.165) is 26.7 Å². The maximum absolute atomic E-state index is 13.9. The van der Waals surface area contributed by atoms with Crippen molar-refractivity contribution in [3.63, 3.8) is 0 Å². The number of benzene rings is 2. The van der Waals surface area contributed by atoms with Gasteiger partial charge in [-0.1, -0.05) is 31.9 Å². The van der Waals surface area contributed by atoms with Gasteiger partial charge in [-0.05, 0) is 47.9 Å². The van der Waals surface area contributed by atoms with Crippen LogP contribution in [0.4, 0.5) is 4.39 Å². The van der Waals surface area contributed by atoms with E-state index in [2.05, 4.69) is 37.9 Å². The smallest absolute Gasteiger partial charge is 0.128 e. The topological polar surface area (TPSA) is 35.2 Å². The van der Waals surface area contributed by atoms with Crippen molar-refractivity contribution >= 4 is 31.9 Å². The van der Waals surface area contributed by atoms with E-state index < -0.39 is 6.04 Å². The van der Waals surface area contributed by atoms with Gasteiger partial charge in [-0.25, -0.2) is 4.39 Å². The van der Waals surface area contributed by atoms with Crippen LogP contribution in [0.1, 0.15) is 22.7 Å². The quantitative estimate of drug-likeness (QED) is 0.800. The van der Waals surface area contributed by atoms with Crippen LogP contribution in [-0.4, -0.2) is 6.61 Å². The lowest BCUT2D eigenvalue weighted by molar-refractivity contribution is 0.352. The second-order valence-corrected chi connectivity index (χ2v) is 6.96. The Balaban J connectivity index is 1.92. The molecule has 21 heavy (non-hydrogen) atoms. The van der Waals surface area contributed by atoms with E-state index in [1.54, 1.807) is 12.1 Å². The molecule has 110 valence electrons. The summed E-state index contributed by atoms with van der Waals surface area (Å²) in [7, 11) is 0. The van der Waals surface area contributed by atoms with Gasteiger partial charge in [0.15, 0.2) is 0 Å². The predicted molar refractivity (Wildman–Crippen MR) is 88.1 cm³/mol. The van der Waals surface area contributed by atoms with Crippen molar-refractivity contribution in [1.29, 1.82) is 0 Å². The van der Waals surface area contributed by atoms with Crippen LogP contribution in [0.3, 0.4) is 0 Å². The summed E-state index contributed by atoms with van der Waals surface area (Å²) in [6.45, 7) is 0.694. The van der Waals surface area contributed by atoms with E-state index in [1.807, 2.05) is 6.07 Å². The van der Waals surface area contributed by atoms with E-state index in [1.165, 1.54) is 11.6 Å². The Morgan fingerprint density at radius 2 is 2.00 bits per heavy atom. The highest BCUT2D eigenvalue weighted by atomic mass is 79.9. The summed E-state index contributed by atoms with van der Waals surface area (Å²) < 4.78 is 21.5. The van der Waals surface area contributed by atoms with Crippen molar-refractivity contribution in [1.82, 2.24) is 0 Å². The molecule has 5 heteroatoms. The number of ether oxygens (including phenoxy) is 1. The van der Waals surface area contributed by atoms with Gasteiger partial charge in [-0.2, -0.15) is 0 Å². The molecular weight excluding hydrogens is 401 g/mol. The third kappa shape index (κ3) is 3.15. The van der Waals surface area contributed by atoms with Gasteiger partial charge in [-0.15, -0.1) is 0 Å². The Morgan fingerprint density at radius 1 is 1.19 bits per heavy atom. The maximum Gasteiger partial charge on any atom is 0.128 e. The van der Waals surface area contributed by atoms with Crippen LogP contribution in [0.2, 0.25) is 0 Å². The second-order valence-electron chi connectivity index (χ2n) is 5.13. The van der Waals surface area contributed by atoms with Crippen LogP contribution in [-0.2, 0) is 12.8 Å². The summed E-state index contributed by atoms with van der Waals surface area (Å²) in [5, 5.41) is 0. The summed E-state index contributed by atoms with van der Waals surface area (Å²) in [5.74, 6) is 0.627. The predicted octanol–water partition coefficient (Wildman–Crippen LogP) is 4.53. The Morgan fingerprint density at radius 3 is 2.81 bits per heavy atom. The first-order chi connectivity index (χ1) is 10.0. The second kappa shape index (κ2) is 6.07. The van der Waals surface area contributed by atoms with Gasteiger partial charge in [-0.3, -0.25) is 0 Å². The molecule has 0 fully saturated rings. The standard InChI is InChI=1S/C16H14Br2FNO/c17-11-1-2-14(19)13(8-11)15(20)7-10-6-12(18)5-9-3-4-21-16(9)10/h1-2,5-6,8,15H,3-4,7,20H2. The molecule has 0 radical (unpaired) electrons. The van der Waals surface area contributed by atoms with Crippen molar-refractivity contribution in [3.8, 4) is 5.75 Å². The van der Waals surface area contributed by atoms with Gasteiger partial charge in [0.05, 0.1) is 6.61 Å². The van der Waals surface area contributed by atoms with Crippen molar-refractivity contribution in [2.45, 2.75) is 18.9 Å². The number of fused-ring (bicyclic) bond motifs is 1. The van der Waals surface area contributed by atoms with Gasteiger partial charge < -0.3 is 10.5 Å². The maximum atomic E-state index is 13.9. The van der Waals surface area contributed by atoms with Crippen molar-refractivity contribution in [3.05, 3.63) is 61.8 Å². The highest BCUT2D eigenvalue weighted by Crippen LogP contribution is 2.35. The zero-order valence-corrected chi connectivity index (χ0v) is 14.4. The molecule has 1 atom stereocenters. The van der Waals surface area contributed by atoms with E-state index in [9.17, 15) is 4.39 Å². The van der Waals surface area contributed by atoms with Crippen LogP contribution < -0.4 is 10.5 Å². The monoisotopic (exact) mass is 413 g/mol. The summed E-state index contributed by atoms with van der Waals surface area (Å²) in [6, 6.07) is 8.49. The normalized spacial score (nSPS) is 14.7. The molecule has 0 saturated heterocycles. The lowest BCUT2D eigenvalue weighted by Crippen LogP contribution is -2.15. The third-order valence-electron chi connectivity index (χ3n) is 3.62. The molecule has 1 aliphatic rings. The largest absolute Gasteiger partial charge is 0.493 e. The SMILES string of the molecule is NC(Cc1cc(Br)cc2c1OCC2)c1cc(Br)ccc1F. The van der Waals surface area contributed by atoms with E-state index in [4.69, 9.17) is 10.5 Å². The van der Waals surface area contributed by atoms with Gasteiger partial charge in [0.1, 0.15) is 11.6 Å². The highest BCUT2D eigenvalue weighted by Gasteiger charge is 2.20. The summed E-state index contributed by atoms with van der Waals surface area (Å²) >= 11 is 6.87. The van der Waals surface area contributed by atoms with E-state index >= 15 is 0 Å². The first-order valence-electron chi connectivity index (χ1n) is 6.69. The highest BCUT2D eigenvalue weighted by molar-refractivity contribution is 9.10. The van der Waals surface area contributed by atoms with Crippen molar-refractivity contribution in [2.24, 2.45) is 5.73 Å². The van der Waals surface area contributed by atoms with Crippen LogP contribution in [0.15, 0.2) is 39.3 Å². The molecular formula is C16H14Br2FNO. The van der Waals surface area contributed by atoms with Crippen molar-refractivity contribution in [2.75, 3.05) is 6.61 Å². The zero-order chi connectivity index (χ0) is 15.0. The Kier molecular flexibility index (Phi) is 4.33. The van der Waals surface area contributed by atoms with Gasteiger partial charge in [0.2, 0.25) is 0 Å². The van der Waals surface area contributed by atoms with Gasteiger partial charge >= 0.3 is 0 Å². The summed E-state index contributed by atoms with van der Waals surface area (Å²) in [6.07, 6.45) is 1.44. The molecule has 0 amide bonds. The fraction of sp³-hybridized carbons (Fsp3) is 0.250. The number of rotatable bonds is 3. The third-order valence-corrected chi connectivity index (χ3v) is 4.57. The molecule has 2 aromatic carbocycles. The van der Waals surface area contributed by atoms with E-state index in [0.29, 0.717) is 18.6 Å². The van der Waals surface area contributed by atoms with E-state index in [-0.39, 0.29) is 5.82 Å². The molecule has 0 aromatic heterocycles. The molecule has 1 heterocycles. The number of hydrogen-bond donors (Lipinski definition) is 1. The van der Waals surface area contributed by atoms with Gasteiger partial charge in [0, 0.05) is 27.0 Å². The summed E-state index contributed by atoms with van der Waals surface area (Å²) in [5.41, 5.74) is 8.92. The lowest BCUT2D eigenvalue weighted by Gasteiger charge is -2.16. The lowest BCUT2D eigenvalue weighted by atomic mass is 9.97. The average molecular weight is 415 g/mol. The van der Waals surface area contributed by atoms with Crippen LogP contribution in [0.5, 0.6) is 5.75 Å². The van der Waals surface area contributed by atoms with Crippen LogP contribution in [0, 0.1) is 5.82 Å². The van der Waals surface area contributed by atoms with Crippen LogP contribution >= 0.6 is 31.9 Å². The first kappa shape index (κ1) is 15.0.